The van der Waals surface area contributed by atoms with Crippen molar-refractivity contribution < 1.29 is 13.2 Å². The van der Waals surface area contributed by atoms with Crippen LogP contribution in [0.3, 0.4) is 0 Å². The third-order valence-corrected chi connectivity index (χ3v) is 6.19. The second-order valence-electron chi connectivity index (χ2n) is 5.83. The van der Waals surface area contributed by atoms with E-state index in [9.17, 15) is 13.2 Å². The predicted octanol–water partition coefficient (Wildman–Crippen LogP) is 0.0204. The molecule has 2 aliphatic heterocycles. The van der Waals surface area contributed by atoms with Gasteiger partial charge in [-0.2, -0.15) is 17.0 Å². The maximum atomic E-state index is 12.6. The Bertz CT molecular complexity index is 456. The van der Waals surface area contributed by atoms with Crippen LogP contribution in [0.1, 0.15) is 32.6 Å². The smallest absolute Gasteiger partial charge is 0.282 e. The molecule has 0 radical (unpaired) electrons. The largest absolute Gasteiger partial charge is 0.339 e. The molecule has 0 saturated carbocycles. The summed E-state index contributed by atoms with van der Waals surface area (Å²) in [4.78, 5) is 13.5. The highest BCUT2D eigenvalue weighted by Crippen LogP contribution is 2.18. The molecule has 0 spiro atoms. The molecule has 22 heavy (non-hydrogen) atoms. The van der Waals surface area contributed by atoms with Crippen molar-refractivity contribution in [2.75, 3.05) is 39.3 Å². The lowest BCUT2D eigenvalue weighted by molar-refractivity contribution is -0.133. The Morgan fingerprint density at radius 2 is 1.36 bits per heavy atom. The normalized spacial score (nSPS) is 23.5. The Labute approximate surface area is 139 Å². The van der Waals surface area contributed by atoms with Crippen molar-refractivity contribution in [3.05, 3.63) is 0 Å². The molecule has 9 heteroatoms. The number of hydrogen-bond donors (Lipinski definition) is 1. The van der Waals surface area contributed by atoms with Crippen LogP contribution in [0.25, 0.3) is 0 Å². The Kier molecular flexibility index (Phi) is 7.54. The van der Waals surface area contributed by atoms with Gasteiger partial charge in [-0.05, 0) is 19.8 Å². The van der Waals surface area contributed by atoms with Crippen molar-refractivity contribution in [3.63, 3.8) is 0 Å². The molecule has 0 bridgehead atoms. The molecule has 2 aliphatic rings. The molecule has 0 unspecified atom stereocenters. The number of rotatable bonds is 3. The predicted molar refractivity (Wildman–Crippen MR) is 88.0 cm³/mol. The minimum absolute atomic E-state index is 0. The summed E-state index contributed by atoms with van der Waals surface area (Å²) in [6.07, 6.45) is 4.07. The van der Waals surface area contributed by atoms with Gasteiger partial charge in [-0.1, -0.05) is 12.8 Å². The second kappa shape index (κ2) is 8.44. The van der Waals surface area contributed by atoms with Crippen molar-refractivity contribution in [2.45, 2.75) is 38.6 Å². The first kappa shape index (κ1) is 19.6. The number of nitrogens with two attached hydrogens (primary N) is 1. The minimum Gasteiger partial charge on any atom is -0.339 e. The van der Waals surface area contributed by atoms with Gasteiger partial charge < -0.3 is 10.6 Å². The van der Waals surface area contributed by atoms with Crippen LogP contribution >= 0.6 is 12.4 Å². The van der Waals surface area contributed by atoms with Crippen LogP contribution in [0, 0.1) is 0 Å². The van der Waals surface area contributed by atoms with Crippen LogP contribution in [0.15, 0.2) is 0 Å². The van der Waals surface area contributed by atoms with Gasteiger partial charge in [0.1, 0.15) is 0 Å². The van der Waals surface area contributed by atoms with Gasteiger partial charge in [-0.25, -0.2) is 0 Å². The third-order valence-electron chi connectivity index (χ3n) is 4.16. The van der Waals surface area contributed by atoms with Crippen LogP contribution in [-0.2, 0) is 15.0 Å². The average molecular weight is 355 g/mol. The van der Waals surface area contributed by atoms with Gasteiger partial charge in [0.15, 0.2) is 0 Å². The quantitative estimate of drug-likeness (QED) is 0.774. The molecule has 2 saturated heterocycles. The number of carbonyl (C=O) groups is 1. The zero-order valence-corrected chi connectivity index (χ0v) is 14.7. The zero-order chi connectivity index (χ0) is 15.5. The Morgan fingerprint density at radius 1 is 0.909 bits per heavy atom. The molecule has 130 valence electrons. The third kappa shape index (κ3) is 4.55. The van der Waals surface area contributed by atoms with Gasteiger partial charge in [0.2, 0.25) is 5.91 Å². The summed E-state index contributed by atoms with van der Waals surface area (Å²) in [5.41, 5.74) is 5.59. The lowest BCUT2D eigenvalue weighted by Gasteiger charge is -2.37. The average Bonchev–Trinajstić information content (AvgIpc) is 2.76. The van der Waals surface area contributed by atoms with Gasteiger partial charge in [-0.15, -0.1) is 12.4 Å². The van der Waals surface area contributed by atoms with Crippen LogP contribution in [-0.4, -0.2) is 73.1 Å². The standard InChI is InChI=1S/C13H26N4O3S.ClH/c1-12(14)13(18)15-8-10-17(11-9-15)21(19,20)16-6-4-2-3-5-7-16;/h12H,2-11,14H2,1H3;1H/t12-;/m1./s1. The van der Waals surface area contributed by atoms with Crippen molar-refractivity contribution in [1.82, 2.24) is 13.5 Å². The lowest BCUT2D eigenvalue weighted by Crippen LogP contribution is -2.56. The van der Waals surface area contributed by atoms with Crippen LogP contribution in [0.4, 0.5) is 0 Å². The highest BCUT2D eigenvalue weighted by Gasteiger charge is 2.33. The number of piperazine rings is 1. The molecular weight excluding hydrogens is 328 g/mol. The first-order valence-electron chi connectivity index (χ1n) is 7.72. The van der Waals surface area contributed by atoms with Crippen LogP contribution < -0.4 is 5.73 Å². The van der Waals surface area contributed by atoms with E-state index in [0.717, 1.165) is 25.7 Å². The monoisotopic (exact) mass is 354 g/mol. The Morgan fingerprint density at radius 3 is 1.82 bits per heavy atom. The van der Waals surface area contributed by atoms with Gasteiger partial charge in [0.05, 0.1) is 6.04 Å². The Hall–Kier alpha value is -0.410. The summed E-state index contributed by atoms with van der Waals surface area (Å²) in [5.74, 6) is -0.109. The molecule has 2 heterocycles. The number of amides is 1. The van der Waals surface area contributed by atoms with E-state index in [0.29, 0.717) is 39.3 Å². The van der Waals surface area contributed by atoms with E-state index in [-0.39, 0.29) is 18.3 Å². The number of hydrogen-bond acceptors (Lipinski definition) is 4. The van der Waals surface area contributed by atoms with Gasteiger partial charge in [0, 0.05) is 39.3 Å². The molecule has 7 nitrogen and oxygen atoms in total. The molecule has 2 rings (SSSR count). The van der Waals surface area contributed by atoms with Gasteiger partial charge >= 0.3 is 0 Å². The highest BCUT2D eigenvalue weighted by atomic mass is 35.5. The summed E-state index contributed by atoms with van der Waals surface area (Å²) in [6, 6.07) is -0.529. The molecule has 2 fully saturated rings. The summed E-state index contributed by atoms with van der Waals surface area (Å²) < 4.78 is 28.4. The first-order chi connectivity index (χ1) is 9.93. The highest BCUT2D eigenvalue weighted by molar-refractivity contribution is 7.86. The van der Waals surface area contributed by atoms with E-state index in [1.165, 1.54) is 4.31 Å². The summed E-state index contributed by atoms with van der Waals surface area (Å²) >= 11 is 0. The van der Waals surface area contributed by atoms with E-state index in [1.807, 2.05) is 0 Å². The summed E-state index contributed by atoms with van der Waals surface area (Å²) in [6.45, 7) is 4.45. The van der Waals surface area contributed by atoms with Crippen molar-refractivity contribution >= 4 is 28.5 Å². The van der Waals surface area contributed by atoms with E-state index in [1.54, 1.807) is 16.1 Å². The van der Waals surface area contributed by atoms with E-state index < -0.39 is 16.3 Å². The fourth-order valence-electron chi connectivity index (χ4n) is 2.86. The van der Waals surface area contributed by atoms with Crippen LogP contribution in [0.5, 0.6) is 0 Å². The Balaban J connectivity index is 0.00000242. The summed E-state index contributed by atoms with van der Waals surface area (Å²) in [5, 5.41) is 0. The molecule has 0 aliphatic carbocycles. The van der Waals surface area contributed by atoms with Crippen molar-refractivity contribution in [1.29, 1.82) is 0 Å². The second-order valence-corrected chi connectivity index (χ2v) is 7.76. The molecule has 0 aromatic carbocycles. The van der Waals surface area contributed by atoms with Crippen LogP contribution in [0.2, 0.25) is 0 Å². The lowest BCUT2D eigenvalue weighted by atomic mass is 10.2. The van der Waals surface area contributed by atoms with E-state index >= 15 is 0 Å². The van der Waals surface area contributed by atoms with E-state index in [2.05, 4.69) is 0 Å². The molecule has 2 N–H and O–H groups in total. The topological polar surface area (TPSA) is 87.0 Å². The SMILES string of the molecule is C[C@@H](N)C(=O)N1CCN(S(=O)(=O)N2CCCCCC2)CC1.Cl. The number of carbonyl (C=O) groups excluding carboxylic acids is 1. The maximum absolute atomic E-state index is 12.6. The van der Waals surface area contributed by atoms with Crippen molar-refractivity contribution in [3.8, 4) is 0 Å². The molecule has 0 aromatic rings. The number of nitrogens with zero attached hydrogens (tertiary/aromatic N) is 3. The molecule has 1 amide bonds. The first-order valence-corrected chi connectivity index (χ1v) is 9.12. The fourth-order valence-corrected chi connectivity index (χ4v) is 4.53. The molecule has 0 aromatic heterocycles. The minimum atomic E-state index is -3.38. The maximum Gasteiger partial charge on any atom is 0.282 e. The van der Waals surface area contributed by atoms with Gasteiger partial charge in [0.25, 0.3) is 10.2 Å². The molecule has 1 atom stereocenters. The van der Waals surface area contributed by atoms with E-state index in [4.69, 9.17) is 5.73 Å². The molecular formula is C13H27ClN4O3S. The fraction of sp³-hybridized carbons (Fsp3) is 0.923. The summed E-state index contributed by atoms with van der Waals surface area (Å²) in [7, 11) is -3.38. The van der Waals surface area contributed by atoms with Crippen molar-refractivity contribution in [2.24, 2.45) is 5.73 Å². The zero-order valence-electron chi connectivity index (χ0n) is 13.1. The van der Waals surface area contributed by atoms with Gasteiger partial charge in [-0.3, -0.25) is 4.79 Å². The number of halogens is 1.